The molecule has 1 amide bonds. The summed E-state index contributed by atoms with van der Waals surface area (Å²) < 4.78 is 16.4. The molecule has 1 heterocycles. The van der Waals surface area contributed by atoms with Gasteiger partial charge < -0.3 is 19.1 Å². The number of rotatable bonds is 4. The summed E-state index contributed by atoms with van der Waals surface area (Å²) in [6.07, 6.45) is -1.83. The fourth-order valence-electron chi connectivity index (χ4n) is 2.49. The number of hydrogen-bond donors (Lipinski definition) is 0. The molecule has 0 aliphatic carbocycles. The Bertz CT molecular complexity index is 761. The lowest BCUT2D eigenvalue weighted by molar-refractivity contribution is -0.162. The average Bonchev–Trinajstić information content (AvgIpc) is 2.67. The minimum atomic E-state index is -0.932. The van der Waals surface area contributed by atoms with Gasteiger partial charge in [-0.1, -0.05) is 30.3 Å². The largest absolute Gasteiger partial charge is 0.485 e. The van der Waals surface area contributed by atoms with Gasteiger partial charge in [-0.15, -0.1) is 0 Å². The lowest BCUT2D eigenvalue weighted by Crippen LogP contribution is -2.43. The average molecular weight is 341 g/mol. The summed E-state index contributed by atoms with van der Waals surface area (Å²) in [4.78, 5) is 26.2. The van der Waals surface area contributed by atoms with E-state index in [9.17, 15) is 9.59 Å². The predicted molar refractivity (Wildman–Crippen MR) is 91.8 cm³/mol. The smallest absolute Gasteiger partial charge is 0.351 e. The molecule has 130 valence electrons. The summed E-state index contributed by atoms with van der Waals surface area (Å²) >= 11 is 0. The first-order chi connectivity index (χ1) is 12.1. The number of likely N-dealkylation sites (N-methyl/N-ethyl adjacent to an activating group) is 1. The highest BCUT2D eigenvalue weighted by Crippen LogP contribution is 2.31. The molecule has 0 bridgehead atoms. The zero-order valence-electron chi connectivity index (χ0n) is 14.0. The first-order valence-corrected chi connectivity index (χ1v) is 7.98. The van der Waals surface area contributed by atoms with Crippen molar-refractivity contribution in [2.45, 2.75) is 19.1 Å². The topological polar surface area (TPSA) is 65.1 Å². The van der Waals surface area contributed by atoms with Crippen molar-refractivity contribution < 1.29 is 23.8 Å². The van der Waals surface area contributed by atoms with Gasteiger partial charge in [-0.05, 0) is 31.2 Å². The Balaban J connectivity index is 1.60. The number of hydrogen-bond acceptors (Lipinski definition) is 5. The van der Waals surface area contributed by atoms with Gasteiger partial charge in [0.2, 0.25) is 6.10 Å². The summed E-state index contributed by atoms with van der Waals surface area (Å²) in [5.74, 6) is 0.115. The number of fused-ring (bicyclic) bond motifs is 1. The molecule has 6 nitrogen and oxygen atoms in total. The highest BCUT2D eigenvalue weighted by atomic mass is 16.6. The fraction of sp³-hybridized carbons (Fsp3) is 0.263. The highest BCUT2D eigenvalue weighted by molar-refractivity contribution is 5.97. The van der Waals surface area contributed by atoms with Crippen LogP contribution in [0.4, 0.5) is 5.69 Å². The van der Waals surface area contributed by atoms with E-state index in [1.807, 2.05) is 36.4 Å². The van der Waals surface area contributed by atoms with Crippen molar-refractivity contribution in [2.75, 3.05) is 18.6 Å². The summed E-state index contributed by atoms with van der Waals surface area (Å²) in [6.45, 7) is 1.59. The normalized spacial score (nSPS) is 16.6. The minimum Gasteiger partial charge on any atom is -0.485 e. The minimum absolute atomic E-state index is 0.0469. The Kier molecular flexibility index (Phi) is 4.88. The Morgan fingerprint density at radius 2 is 1.72 bits per heavy atom. The number of anilines is 1. The number of benzene rings is 2. The van der Waals surface area contributed by atoms with E-state index in [0.29, 0.717) is 11.5 Å². The molecule has 2 aromatic carbocycles. The first kappa shape index (κ1) is 16.8. The Labute approximate surface area is 145 Å². The van der Waals surface area contributed by atoms with Crippen molar-refractivity contribution in [2.24, 2.45) is 0 Å². The van der Waals surface area contributed by atoms with Crippen LogP contribution < -0.4 is 14.4 Å². The molecule has 0 saturated carbocycles. The van der Waals surface area contributed by atoms with E-state index in [2.05, 4.69) is 0 Å². The number of ether oxygens (including phenoxy) is 3. The maximum Gasteiger partial charge on any atom is 0.351 e. The maximum absolute atomic E-state index is 12.4. The van der Waals surface area contributed by atoms with Gasteiger partial charge in [0.05, 0.1) is 0 Å². The number of para-hydroxylation sites is 3. The molecule has 0 fully saturated rings. The summed E-state index contributed by atoms with van der Waals surface area (Å²) in [7, 11) is 1.64. The SMILES string of the molecule is C[C@@H](OC(=O)[C@H]1COc2ccccc2O1)C(=O)N(C)c1ccccc1. The van der Waals surface area contributed by atoms with Crippen molar-refractivity contribution >= 4 is 17.6 Å². The molecule has 0 radical (unpaired) electrons. The Morgan fingerprint density at radius 1 is 1.08 bits per heavy atom. The van der Waals surface area contributed by atoms with Gasteiger partial charge in [-0.25, -0.2) is 4.79 Å². The summed E-state index contributed by atoms with van der Waals surface area (Å²) in [5, 5.41) is 0. The van der Waals surface area contributed by atoms with Gasteiger partial charge in [-0.2, -0.15) is 0 Å². The fourth-order valence-corrected chi connectivity index (χ4v) is 2.49. The predicted octanol–water partition coefficient (Wildman–Crippen LogP) is 2.42. The number of esters is 1. The van der Waals surface area contributed by atoms with Crippen LogP contribution in [0.5, 0.6) is 11.5 Å². The van der Waals surface area contributed by atoms with Crippen LogP contribution in [0.2, 0.25) is 0 Å². The van der Waals surface area contributed by atoms with Crippen LogP contribution in [0.1, 0.15) is 6.92 Å². The molecule has 1 aliphatic heterocycles. The van der Waals surface area contributed by atoms with Crippen molar-refractivity contribution in [1.82, 2.24) is 0 Å². The molecular weight excluding hydrogens is 322 g/mol. The van der Waals surface area contributed by atoms with E-state index < -0.39 is 18.2 Å². The second kappa shape index (κ2) is 7.25. The molecule has 3 rings (SSSR count). The van der Waals surface area contributed by atoms with Gasteiger partial charge >= 0.3 is 5.97 Å². The van der Waals surface area contributed by atoms with Crippen LogP contribution in [0.25, 0.3) is 0 Å². The molecule has 1 aliphatic rings. The van der Waals surface area contributed by atoms with Crippen molar-refractivity contribution in [3.8, 4) is 11.5 Å². The van der Waals surface area contributed by atoms with Crippen LogP contribution in [0.15, 0.2) is 54.6 Å². The van der Waals surface area contributed by atoms with Crippen LogP contribution in [0, 0.1) is 0 Å². The molecular formula is C19H19NO5. The quantitative estimate of drug-likeness (QED) is 0.799. The van der Waals surface area contributed by atoms with Crippen LogP contribution >= 0.6 is 0 Å². The van der Waals surface area contributed by atoms with Gasteiger partial charge in [-0.3, -0.25) is 4.79 Å². The second-order valence-electron chi connectivity index (χ2n) is 5.68. The third kappa shape index (κ3) is 3.74. The zero-order valence-corrected chi connectivity index (χ0v) is 14.0. The number of amides is 1. The van der Waals surface area contributed by atoms with Gasteiger partial charge in [0.1, 0.15) is 6.61 Å². The molecule has 25 heavy (non-hydrogen) atoms. The first-order valence-electron chi connectivity index (χ1n) is 7.98. The Morgan fingerprint density at radius 3 is 2.44 bits per heavy atom. The molecule has 0 N–H and O–H groups in total. The molecule has 0 spiro atoms. The van der Waals surface area contributed by atoms with E-state index in [-0.39, 0.29) is 12.5 Å². The number of carbonyl (C=O) groups excluding carboxylic acids is 2. The molecule has 0 saturated heterocycles. The van der Waals surface area contributed by atoms with Crippen LogP contribution in [-0.2, 0) is 14.3 Å². The molecule has 6 heteroatoms. The Hall–Kier alpha value is -3.02. The summed E-state index contributed by atoms with van der Waals surface area (Å²) in [5.41, 5.74) is 0.724. The lowest BCUT2D eigenvalue weighted by atomic mass is 10.2. The van der Waals surface area contributed by atoms with Crippen molar-refractivity contribution in [3.05, 3.63) is 54.6 Å². The third-order valence-corrected chi connectivity index (χ3v) is 3.89. The molecule has 0 unspecified atom stereocenters. The van der Waals surface area contributed by atoms with E-state index in [1.54, 1.807) is 25.2 Å². The van der Waals surface area contributed by atoms with Gasteiger partial charge in [0, 0.05) is 12.7 Å². The number of carbonyl (C=O) groups is 2. The van der Waals surface area contributed by atoms with Crippen LogP contribution in [0.3, 0.4) is 0 Å². The van der Waals surface area contributed by atoms with Gasteiger partial charge in [0.25, 0.3) is 5.91 Å². The molecule has 0 aromatic heterocycles. The summed E-state index contributed by atoms with van der Waals surface area (Å²) in [6, 6.07) is 16.2. The lowest BCUT2D eigenvalue weighted by Gasteiger charge is -2.27. The van der Waals surface area contributed by atoms with Crippen LogP contribution in [-0.4, -0.2) is 37.7 Å². The molecule has 2 aromatic rings. The van der Waals surface area contributed by atoms with E-state index in [4.69, 9.17) is 14.2 Å². The van der Waals surface area contributed by atoms with E-state index in [0.717, 1.165) is 5.69 Å². The molecule has 2 atom stereocenters. The highest BCUT2D eigenvalue weighted by Gasteiger charge is 2.32. The monoisotopic (exact) mass is 341 g/mol. The maximum atomic E-state index is 12.4. The van der Waals surface area contributed by atoms with E-state index in [1.165, 1.54) is 11.8 Å². The zero-order chi connectivity index (χ0) is 17.8. The van der Waals surface area contributed by atoms with Gasteiger partial charge in [0.15, 0.2) is 17.6 Å². The van der Waals surface area contributed by atoms with E-state index >= 15 is 0 Å². The third-order valence-electron chi connectivity index (χ3n) is 3.89. The van der Waals surface area contributed by atoms with Crippen molar-refractivity contribution in [1.29, 1.82) is 0 Å². The standard InChI is InChI=1S/C19H19NO5/c1-13(18(21)20(2)14-8-4-3-5-9-14)24-19(22)17-12-23-15-10-6-7-11-16(15)25-17/h3-11,13,17H,12H2,1-2H3/t13-,17-/m1/s1. The van der Waals surface area contributed by atoms with Crippen molar-refractivity contribution in [3.63, 3.8) is 0 Å². The number of nitrogens with zero attached hydrogens (tertiary/aromatic N) is 1. The second-order valence-corrected chi connectivity index (χ2v) is 5.68.